The number of carbonyl (C=O) groups is 1. The summed E-state index contributed by atoms with van der Waals surface area (Å²) in [6.07, 6.45) is -6.43. The SMILES string of the molecule is [2H]C(C)(O)CC([2H])([2H])N1CCc2cc(C[C@@H](C)NC([2H])([2H])COc3ccccc3OCC(F)(F)F)cc(C(N)=O)c21. The van der Waals surface area contributed by atoms with Gasteiger partial charge in [0.1, 0.15) is 6.61 Å². The first-order chi connectivity index (χ1) is 18.8. The van der Waals surface area contributed by atoms with Crippen LogP contribution in [-0.2, 0) is 12.8 Å². The van der Waals surface area contributed by atoms with Crippen molar-refractivity contribution in [2.75, 3.05) is 37.7 Å². The molecule has 0 aromatic heterocycles. The maximum Gasteiger partial charge on any atom is 0.422 e. The van der Waals surface area contributed by atoms with Gasteiger partial charge in [0.25, 0.3) is 5.91 Å². The third-order valence-corrected chi connectivity index (χ3v) is 5.35. The number of carbonyl (C=O) groups excluding carboxylic acids is 1. The van der Waals surface area contributed by atoms with Gasteiger partial charge in [0.2, 0.25) is 0 Å². The highest BCUT2D eigenvalue weighted by atomic mass is 19.4. The van der Waals surface area contributed by atoms with Crippen molar-refractivity contribution in [3.8, 4) is 11.5 Å². The molecular weight excluding hydrogens is 475 g/mol. The van der Waals surface area contributed by atoms with E-state index in [1.54, 1.807) is 13.0 Å². The fraction of sp³-hybridized carbons (Fsp3) is 0.500. The van der Waals surface area contributed by atoms with E-state index in [0.717, 1.165) is 0 Å². The van der Waals surface area contributed by atoms with E-state index in [9.17, 15) is 23.1 Å². The van der Waals surface area contributed by atoms with E-state index < -0.39 is 56.8 Å². The van der Waals surface area contributed by atoms with Crippen molar-refractivity contribution in [1.29, 1.82) is 0 Å². The number of hydrogen-bond acceptors (Lipinski definition) is 6. The normalized spacial score (nSPS) is 18.6. The second-order valence-corrected chi connectivity index (χ2v) is 8.55. The molecule has 2 aromatic rings. The minimum absolute atomic E-state index is 0.0452. The predicted molar refractivity (Wildman–Crippen MR) is 132 cm³/mol. The number of anilines is 1. The van der Waals surface area contributed by atoms with Crippen LogP contribution >= 0.6 is 0 Å². The van der Waals surface area contributed by atoms with E-state index in [0.29, 0.717) is 23.2 Å². The van der Waals surface area contributed by atoms with Crippen LogP contribution in [0.4, 0.5) is 18.9 Å². The first kappa shape index (κ1) is 21.1. The first-order valence-electron chi connectivity index (χ1n) is 13.9. The molecular formula is C26H34F3N3O4. The Morgan fingerprint density at radius 2 is 1.97 bits per heavy atom. The molecule has 198 valence electrons. The number of fused-ring (bicyclic) bond motifs is 1. The molecule has 2 atom stereocenters. The maximum absolute atomic E-state index is 12.5. The van der Waals surface area contributed by atoms with Crippen molar-refractivity contribution in [3.05, 3.63) is 53.1 Å². The number of ether oxygens (including phenoxy) is 2. The lowest BCUT2D eigenvalue weighted by Gasteiger charge is -2.23. The number of primary amides is 1. The predicted octanol–water partition coefficient (Wildman–Crippen LogP) is 3.46. The van der Waals surface area contributed by atoms with Crippen LogP contribution in [0, 0.1) is 0 Å². The van der Waals surface area contributed by atoms with Crippen molar-refractivity contribution in [1.82, 2.24) is 5.32 Å². The van der Waals surface area contributed by atoms with Crippen LogP contribution in [0.5, 0.6) is 11.5 Å². The number of aliphatic hydroxyl groups is 1. The summed E-state index contributed by atoms with van der Waals surface area (Å²) < 4.78 is 89.0. The topological polar surface area (TPSA) is 97.1 Å². The molecule has 1 unspecified atom stereocenters. The Morgan fingerprint density at radius 1 is 1.28 bits per heavy atom. The molecule has 36 heavy (non-hydrogen) atoms. The Balaban J connectivity index is 1.70. The quantitative estimate of drug-likeness (QED) is 0.379. The minimum Gasteiger partial charge on any atom is -0.488 e. The molecule has 1 aliphatic heterocycles. The van der Waals surface area contributed by atoms with Gasteiger partial charge >= 0.3 is 6.18 Å². The molecule has 7 nitrogen and oxygen atoms in total. The van der Waals surface area contributed by atoms with Crippen LogP contribution in [0.1, 0.15) is 48.6 Å². The molecule has 0 spiro atoms. The number of rotatable bonds is 13. The van der Waals surface area contributed by atoms with Gasteiger partial charge in [-0.15, -0.1) is 0 Å². The van der Waals surface area contributed by atoms with Gasteiger partial charge in [-0.25, -0.2) is 0 Å². The summed E-state index contributed by atoms with van der Waals surface area (Å²) in [5.74, 6) is -0.995. The molecule has 4 N–H and O–H groups in total. The fourth-order valence-corrected chi connectivity index (χ4v) is 3.87. The number of hydrogen-bond donors (Lipinski definition) is 3. The van der Waals surface area contributed by atoms with Gasteiger partial charge in [0, 0.05) is 31.1 Å². The number of amides is 1. The molecule has 2 aromatic carbocycles. The number of benzene rings is 2. The Bertz CT molecular complexity index is 1240. The Kier molecular flexibility index (Phi) is 7.23. The lowest BCUT2D eigenvalue weighted by Crippen LogP contribution is -2.32. The van der Waals surface area contributed by atoms with E-state index in [4.69, 9.17) is 22.1 Å². The fourth-order valence-electron chi connectivity index (χ4n) is 3.87. The molecule has 3 rings (SSSR count). The van der Waals surface area contributed by atoms with Crippen LogP contribution in [0.2, 0.25) is 0 Å². The van der Waals surface area contributed by atoms with Crippen molar-refractivity contribution in [3.63, 3.8) is 0 Å². The zero-order valence-corrected chi connectivity index (χ0v) is 20.1. The lowest BCUT2D eigenvalue weighted by molar-refractivity contribution is -0.153. The molecule has 0 saturated carbocycles. The van der Waals surface area contributed by atoms with Gasteiger partial charge in [-0.1, -0.05) is 18.2 Å². The van der Waals surface area contributed by atoms with E-state index in [1.165, 1.54) is 42.2 Å². The molecule has 1 heterocycles. The summed E-state index contributed by atoms with van der Waals surface area (Å²) >= 11 is 0. The molecule has 0 saturated heterocycles. The summed E-state index contributed by atoms with van der Waals surface area (Å²) in [6.45, 7) is -3.18. The maximum atomic E-state index is 12.5. The van der Waals surface area contributed by atoms with Crippen molar-refractivity contribution < 1.29 is 39.4 Å². The van der Waals surface area contributed by atoms with Gasteiger partial charge in [0.05, 0.1) is 18.7 Å². The molecule has 0 bridgehead atoms. The number of nitrogens with zero attached hydrogens (tertiary/aromatic N) is 1. The van der Waals surface area contributed by atoms with Gasteiger partial charge in [-0.05, 0) is 62.4 Å². The largest absolute Gasteiger partial charge is 0.488 e. The Labute approximate surface area is 216 Å². The molecule has 1 aliphatic rings. The smallest absolute Gasteiger partial charge is 0.422 e. The summed E-state index contributed by atoms with van der Waals surface area (Å²) in [5, 5.41) is 12.6. The highest BCUT2D eigenvalue weighted by molar-refractivity contribution is 6.00. The van der Waals surface area contributed by atoms with Crippen LogP contribution in [0.15, 0.2) is 36.4 Å². The highest BCUT2D eigenvalue weighted by Crippen LogP contribution is 2.34. The van der Waals surface area contributed by atoms with Crippen LogP contribution in [-0.4, -0.2) is 62.1 Å². The first-order valence-corrected chi connectivity index (χ1v) is 11.4. The van der Waals surface area contributed by atoms with Crippen molar-refractivity contribution >= 4 is 11.6 Å². The summed E-state index contributed by atoms with van der Waals surface area (Å²) in [6, 6.07) is 8.47. The number of halogens is 3. The summed E-state index contributed by atoms with van der Waals surface area (Å²) in [4.78, 5) is 13.7. The van der Waals surface area contributed by atoms with E-state index in [2.05, 4.69) is 5.32 Å². The zero-order valence-electron chi connectivity index (χ0n) is 25.1. The van der Waals surface area contributed by atoms with E-state index in [-0.39, 0.29) is 30.0 Å². The van der Waals surface area contributed by atoms with Crippen molar-refractivity contribution in [2.24, 2.45) is 5.73 Å². The lowest BCUT2D eigenvalue weighted by atomic mass is 9.98. The standard InChI is InChI=1S/C26H34F3N3O4/c1-17(31-9-12-35-22-5-3-4-6-23(22)36-16-26(27,28)29)13-19-14-20-8-11-32(10-7-18(2)33)24(20)21(15-19)25(30)34/h3-6,14-15,17-18,31,33H,7-13,16H2,1-2H3,(H2,30,34)/t17-,18?/m1/s1/i9D2,10D2,18D. The highest BCUT2D eigenvalue weighted by Gasteiger charge is 2.29. The zero-order chi connectivity index (χ0) is 30.8. The second-order valence-electron chi connectivity index (χ2n) is 8.55. The second kappa shape index (κ2) is 12.3. The molecule has 1 amide bonds. The molecule has 0 fully saturated rings. The monoisotopic (exact) mass is 514 g/mol. The third kappa shape index (κ3) is 8.03. The molecule has 10 heteroatoms. The number of nitrogens with one attached hydrogen (secondary N) is 1. The van der Waals surface area contributed by atoms with Gasteiger partial charge in [-0.2, -0.15) is 13.2 Å². The van der Waals surface area contributed by atoms with E-state index in [1.807, 2.05) is 0 Å². The van der Waals surface area contributed by atoms with E-state index >= 15 is 0 Å². The average molecular weight is 515 g/mol. The number of nitrogens with two attached hydrogens (primary N) is 1. The molecule has 0 aliphatic carbocycles. The summed E-state index contributed by atoms with van der Waals surface area (Å²) in [7, 11) is 0. The van der Waals surface area contributed by atoms with Gasteiger partial charge in [0.15, 0.2) is 18.1 Å². The number of para-hydroxylation sites is 2. The Morgan fingerprint density at radius 3 is 2.61 bits per heavy atom. The minimum atomic E-state index is -4.54. The van der Waals surface area contributed by atoms with Crippen LogP contribution in [0.3, 0.4) is 0 Å². The van der Waals surface area contributed by atoms with Gasteiger partial charge < -0.3 is 30.5 Å². The summed E-state index contributed by atoms with van der Waals surface area (Å²) in [5.41, 5.74) is 7.34. The number of alkyl halides is 3. The average Bonchev–Trinajstić information content (AvgIpc) is 3.24. The van der Waals surface area contributed by atoms with Crippen molar-refractivity contribution in [2.45, 2.75) is 51.4 Å². The van der Waals surface area contributed by atoms with Crippen LogP contribution in [0.25, 0.3) is 0 Å². The third-order valence-electron chi connectivity index (χ3n) is 5.35. The Hall–Kier alpha value is -2.98. The van der Waals surface area contributed by atoms with Crippen LogP contribution < -0.4 is 25.4 Å². The molecule has 0 radical (unpaired) electrons. The van der Waals surface area contributed by atoms with Gasteiger partial charge in [-0.3, -0.25) is 4.79 Å².